The monoisotopic (exact) mass is 381 g/mol. The number of allylic oxidation sites excluding steroid dienone is 4. The van der Waals surface area contributed by atoms with E-state index in [2.05, 4.69) is 26.0 Å². The summed E-state index contributed by atoms with van der Waals surface area (Å²) in [4.78, 5) is 0. The zero-order valence-corrected chi connectivity index (χ0v) is 17.9. The van der Waals surface area contributed by atoms with Crippen molar-refractivity contribution < 1.29 is 0 Å². The van der Waals surface area contributed by atoms with Crippen LogP contribution in [0.4, 0.5) is 5.69 Å². The fourth-order valence-corrected chi connectivity index (χ4v) is 3.34. The number of hydrogen-bond acceptors (Lipinski definition) is 3. The highest BCUT2D eigenvalue weighted by Gasteiger charge is 1.98. The molecule has 0 radical (unpaired) electrons. The number of rotatable bonds is 11. The number of nitrogen functional groups attached to an aromatic ring is 1. The van der Waals surface area contributed by atoms with Gasteiger partial charge in [0.25, 0.3) is 0 Å². The summed E-state index contributed by atoms with van der Waals surface area (Å²) in [6, 6.07) is 6.44. The summed E-state index contributed by atoms with van der Waals surface area (Å²) in [5.41, 5.74) is 10.0. The molecule has 0 unspecified atom stereocenters. The molecule has 1 aromatic carbocycles. The Labute approximate surface area is 172 Å². The van der Waals surface area contributed by atoms with Gasteiger partial charge in [0.15, 0.2) is 0 Å². The average Bonchev–Trinajstić information content (AvgIpc) is 2.65. The Morgan fingerprint density at radius 1 is 0.714 bits per heavy atom. The third kappa shape index (κ3) is 11.5. The molecule has 0 spiro atoms. The van der Waals surface area contributed by atoms with E-state index in [-0.39, 0.29) is 11.4 Å². The van der Waals surface area contributed by atoms with Crippen LogP contribution in [0.3, 0.4) is 0 Å². The first-order valence-electron chi connectivity index (χ1n) is 10.9. The predicted molar refractivity (Wildman–Crippen MR) is 125 cm³/mol. The fraction of sp³-hybridized carbons (Fsp3) is 0.520. The summed E-state index contributed by atoms with van der Waals surface area (Å²) in [7, 11) is 0. The van der Waals surface area contributed by atoms with Gasteiger partial charge >= 0.3 is 0 Å². The van der Waals surface area contributed by atoms with E-state index in [9.17, 15) is 0 Å². The van der Waals surface area contributed by atoms with E-state index in [1.54, 1.807) is 24.3 Å². The van der Waals surface area contributed by atoms with Crippen molar-refractivity contribution in [1.29, 1.82) is 10.8 Å². The number of nitrogens with one attached hydrogen (secondary N) is 2. The van der Waals surface area contributed by atoms with E-state index in [1.807, 2.05) is 6.07 Å². The van der Waals surface area contributed by atoms with Crippen LogP contribution in [0, 0.1) is 17.7 Å². The zero-order chi connectivity index (χ0) is 20.6. The van der Waals surface area contributed by atoms with Gasteiger partial charge in [-0.15, -0.1) is 0 Å². The molecular weight excluding hydrogens is 342 g/mol. The first-order chi connectivity index (χ1) is 13.5. The Hall–Kier alpha value is -2.16. The average molecular weight is 382 g/mol. The van der Waals surface area contributed by atoms with Gasteiger partial charge < -0.3 is 5.73 Å². The Morgan fingerprint density at radius 3 is 1.68 bits per heavy atom. The normalized spacial score (nSPS) is 12.8. The number of nitrogens with two attached hydrogens (primary N) is 1. The number of benzene rings is 1. The smallest absolute Gasteiger partial charge is 0.0789 e. The number of unbranched alkanes of at least 4 members (excludes halogenated alkanes) is 9. The van der Waals surface area contributed by atoms with Gasteiger partial charge in [0.2, 0.25) is 0 Å². The van der Waals surface area contributed by atoms with Crippen LogP contribution in [0.1, 0.15) is 82.3 Å². The van der Waals surface area contributed by atoms with Crippen LogP contribution >= 0.6 is 0 Å². The summed E-state index contributed by atoms with van der Waals surface area (Å²) < 4.78 is 0. The SMILES string of the molecule is CCCCCCCCCCCCc1cc(C)cc(N)c1.N=C1C=CC=CC1=N. The topological polar surface area (TPSA) is 73.7 Å². The van der Waals surface area contributed by atoms with Crippen LogP contribution in [0.15, 0.2) is 42.5 Å². The highest BCUT2D eigenvalue weighted by Crippen LogP contribution is 2.15. The molecule has 1 aliphatic carbocycles. The Balaban J connectivity index is 0.000000406. The van der Waals surface area contributed by atoms with E-state index < -0.39 is 0 Å². The molecule has 0 atom stereocenters. The maximum Gasteiger partial charge on any atom is 0.0789 e. The lowest BCUT2D eigenvalue weighted by Crippen LogP contribution is -2.06. The molecule has 1 aromatic rings. The van der Waals surface area contributed by atoms with Crippen molar-refractivity contribution in [3.8, 4) is 0 Å². The standard InChI is InChI=1S/C19H33N.C6H6N2/c1-3-4-5-6-7-8-9-10-11-12-13-18-14-17(2)15-19(20)16-18;7-5-3-1-2-4-6(5)8/h14-16H,3-13,20H2,1-2H3;1-4,7-8H. The first kappa shape index (κ1) is 23.9. The van der Waals surface area contributed by atoms with Crippen molar-refractivity contribution in [3.63, 3.8) is 0 Å². The maximum absolute atomic E-state index is 7.03. The summed E-state index contributed by atoms with van der Waals surface area (Å²) in [6.07, 6.45) is 21.9. The molecule has 0 aliphatic heterocycles. The van der Waals surface area contributed by atoms with Crippen molar-refractivity contribution in [2.24, 2.45) is 0 Å². The van der Waals surface area contributed by atoms with Crippen molar-refractivity contribution in [2.75, 3.05) is 5.73 Å². The van der Waals surface area contributed by atoms with Gasteiger partial charge in [0.05, 0.1) is 11.4 Å². The summed E-state index contributed by atoms with van der Waals surface area (Å²) >= 11 is 0. The molecule has 0 amide bonds. The molecule has 0 aromatic heterocycles. The fourth-order valence-electron chi connectivity index (χ4n) is 3.34. The largest absolute Gasteiger partial charge is 0.399 e. The summed E-state index contributed by atoms with van der Waals surface area (Å²) in [6.45, 7) is 4.40. The second-order valence-electron chi connectivity index (χ2n) is 7.73. The molecule has 0 fully saturated rings. The van der Waals surface area contributed by atoms with Crippen LogP contribution in [-0.2, 0) is 6.42 Å². The molecule has 0 saturated carbocycles. The second kappa shape index (κ2) is 14.8. The lowest BCUT2D eigenvalue weighted by molar-refractivity contribution is 0.556. The van der Waals surface area contributed by atoms with E-state index in [0.717, 1.165) is 5.69 Å². The molecule has 3 heteroatoms. The molecule has 28 heavy (non-hydrogen) atoms. The van der Waals surface area contributed by atoms with Crippen LogP contribution in [0.5, 0.6) is 0 Å². The first-order valence-corrected chi connectivity index (χ1v) is 10.9. The lowest BCUT2D eigenvalue weighted by atomic mass is 10.0. The third-order valence-corrected chi connectivity index (χ3v) is 4.91. The van der Waals surface area contributed by atoms with Gasteiger partial charge in [-0.2, -0.15) is 0 Å². The molecule has 2 rings (SSSR count). The van der Waals surface area contributed by atoms with Gasteiger partial charge in [-0.25, -0.2) is 0 Å². The van der Waals surface area contributed by atoms with Gasteiger partial charge in [0, 0.05) is 5.69 Å². The Bertz CT molecular complexity index is 614. The van der Waals surface area contributed by atoms with E-state index in [0.29, 0.717) is 0 Å². The van der Waals surface area contributed by atoms with E-state index in [4.69, 9.17) is 16.6 Å². The summed E-state index contributed by atoms with van der Waals surface area (Å²) in [5.74, 6) is 0. The molecule has 0 bridgehead atoms. The molecule has 3 nitrogen and oxygen atoms in total. The number of aryl methyl sites for hydroxylation is 2. The minimum atomic E-state index is 0.285. The molecule has 1 aliphatic rings. The summed E-state index contributed by atoms with van der Waals surface area (Å²) in [5, 5.41) is 14.1. The second-order valence-corrected chi connectivity index (χ2v) is 7.73. The minimum Gasteiger partial charge on any atom is -0.399 e. The molecule has 154 valence electrons. The number of hydrogen-bond donors (Lipinski definition) is 3. The minimum absolute atomic E-state index is 0.285. The van der Waals surface area contributed by atoms with Gasteiger partial charge in [-0.3, -0.25) is 10.8 Å². The van der Waals surface area contributed by atoms with Gasteiger partial charge in [-0.05, 0) is 55.2 Å². The van der Waals surface area contributed by atoms with Gasteiger partial charge in [0.1, 0.15) is 0 Å². The lowest BCUT2D eigenvalue weighted by Gasteiger charge is -2.05. The highest BCUT2D eigenvalue weighted by atomic mass is 14.5. The van der Waals surface area contributed by atoms with E-state index in [1.165, 1.54) is 81.8 Å². The molecule has 0 saturated heterocycles. The van der Waals surface area contributed by atoms with E-state index >= 15 is 0 Å². The van der Waals surface area contributed by atoms with Crippen LogP contribution in [0.2, 0.25) is 0 Å². The van der Waals surface area contributed by atoms with Crippen molar-refractivity contribution in [3.05, 3.63) is 53.6 Å². The van der Waals surface area contributed by atoms with Crippen LogP contribution in [0.25, 0.3) is 0 Å². The quantitative estimate of drug-likeness (QED) is 0.212. The highest BCUT2D eigenvalue weighted by molar-refractivity contribution is 6.48. The van der Waals surface area contributed by atoms with Crippen molar-refractivity contribution >= 4 is 17.1 Å². The molecular formula is C25H39N3. The van der Waals surface area contributed by atoms with Crippen molar-refractivity contribution in [2.45, 2.75) is 84.5 Å². The van der Waals surface area contributed by atoms with Gasteiger partial charge in [-0.1, -0.05) is 82.9 Å². The number of anilines is 1. The zero-order valence-electron chi connectivity index (χ0n) is 17.9. The van der Waals surface area contributed by atoms with Crippen LogP contribution in [-0.4, -0.2) is 11.4 Å². The molecule has 4 N–H and O–H groups in total. The third-order valence-electron chi connectivity index (χ3n) is 4.91. The maximum atomic E-state index is 7.03. The van der Waals surface area contributed by atoms with Crippen molar-refractivity contribution in [1.82, 2.24) is 0 Å². The Kier molecular flexibility index (Phi) is 12.7. The Morgan fingerprint density at radius 2 is 1.21 bits per heavy atom. The van der Waals surface area contributed by atoms with Crippen LogP contribution < -0.4 is 5.73 Å². The predicted octanol–water partition coefficient (Wildman–Crippen LogP) is 7.19. The molecule has 0 heterocycles.